The number of hydrogen-bond donors (Lipinski definition) is 1. The molecule has 3 nitrogen and oxygen atoms in total. The Balaban J connectivity index is 3.41. The molecular formula is C5H7NO2. The zero-order valence-electron chi connectivity index (χ0n) is 4.82. The number of aromatic nitrogens is 1. The number of H-pyrrole nitrogens is 1. The zero-order chi connectivity index (χ0) is 6.15. The van der Waals surface area contributed by atoms with E-state index in [0.29, 0.717) is 5.56 Å². The largest absolute Gasteiger partial charge is 0.360 e. The van der Waals surface area contributed by atoms with Crippen molar-refractivity contribution in [3.63, 3.8) is 0 Å². The Kier molecular flexibility index (Phi) is 0.970. The molecule has 0 spiro atoms. The van der Waals surface area contributed by atoms with Gasteiger partial charge in [-0.05, 0) is 13.8 Å². The fourth-order valence-corrected chi connectivity index (χ4v) is 0.429. The average molecular weight is 113 g/mol. The van der Waals surface area contributed by atoms with Crippen LogP contribution in [-0.4, -0.2) is 5.16 Å². The number of nitrogens with one attached hydrogen (secondary N) is 1. The first kappa shape index (κ1) is 5.15. The van der Waals surface area contributed by atoms with Gasteiger partial charge < -0.3 is 4.52 Å². The van der Waals surface area contributed by atoms with Gasteiger partial charge in [-0.2, -0.15) is 0 Å². The lowest BCUT2D eigenvalue weighted by Gasteiger charge is -1.75. The Morgan fingerprint density at radius 2 is 2.12 bits per heavy atom. The van der Waals surface area contributed by atoms with Gasteiger partial charge in [-0.1, -0.05) is 0 Å². The molecule has 0 bridgehead atoms. The van der Waals surface area contributed by atoms with Crippen LogP contribution >= 0.6 is 0 Å². The lowest BCUT2D eigenvalue weighted by atomic mass is 10.3. The molecular weight excluding hydrogens is 106 g/mol. The molecule has 44 valence electrons. The van der Waals surface area contributed by atoms with Gasteiger partial charge in [0.1, 0.15) is 0 Å². The first-order valence-corrected chi connectivity index (χ1v) is 2.36. The van der Waals surface area contributed by atoms with Gasteiger partial charge in [0.25, 0.3) is 0 Å². The summed E-state index contributed by atoms with van der Waals surface area (Å²) in [6.45, 7) is 3.51. The Labute approximate surface area is 46.3 Å². The van der Waals surface area contributed by atoms with Gasteiger partial charge in [0.2, 0.25) is 0 Å². The molecule has 0 atom stereocenters. The molecule has 1 heterocycles. The third-order valence-electron chi connectivity index (χ3n) is 1.17. The molecule has 1 aromatic rings. The van der Waals surface area contributed by atoms with E-state index >= 15 is 0 Å². The first-order chi connectivity index (χ1) is 3.72. The Morgan fingerprint density at radius 1 is 1.50 bits per heavy atom. The predicted octanol–water partition coefficient (Wildman–Crippen LogP) is 0.585. The summed E-state index contributed by atoms with van der Waals surface area (Å²) < 4.78 is 4.41. The number of aromatic amines is 1. The molecule has 0 saturated carbocycles. The van der Waals surface area contributed by atoms with Gasteiger partial charge >= 0.3 is 5.63 Å². The quantitative estimate of drug-likeness (QED) is 0.535. The third-order valence-corrected chi connectivity index (χ3v) is 1.17. The van der Waals surface area contributed by atoms with Crippen molar-refractivity contribution in [1.29, 1.82) is 0 Å². The molecule has 3 heteroatoms. The van der Waals surface area contributed by atoms with E-state index in [-0.39, 0.29) is 5.63 Å². The molecule has 1 N–H and O–H groups in total. The fourth-order valence-electron chi connectivity index (χ4n) is 0.429. The molecule has 8 heavy (non-hydrogen) atoms. The van der Waals surface area contributed by atoms with Crippen LogP contribution in [0.5, 0.6) is 0 Å². The Bertz CT molecular complexity index is 233. The maximum atomic E-state index is 10.4. The van der Waals surface area contributed by atoms with Gasteiger partial charge in [-0.25, -0.2) is 9.95 Å². The molecule has 0 aliphatic heterocycles. The summed E-state index contributed by atoms with van der Waals surface area (Å²) in [4.78, 5) is 10.4. The summed E-state index contributed by atoms with van der Waals surface area (Å²) in [6, 6.07) is 0. The minimum atomic E-state index is -0.275. The summed E-state index contributed by atoms with van der Waals surface area (Å²) in [7, 11) is 0. The van der Waals surface area contributed by atoms with E-state index in [4.69, 9.17) is 0 Å². The third kappa shape index (κ3) is 0.559. The highest BCUT2D eigenvalue weighted by atomic mass is 16.5. The highest BCUT2D eigenvalue weighted by Gasteiger charge is 1.98. The zero-order valence-corrected chi connectivity index (χ0v) is 4.82. The van der Waals surface area contributed by atoms with Crippen LogP contribution in [0.2, 0.25) is 0 Å². The minimum absolute atomic E-state index is 0.275. The van der Waals surface area contributed by atoms with Crippen molar-refractivity contribution in [2.24, 2.45) is 0 Å². The second-order valence-electron chi connectivity index (χ2n) is 1.74. The molecule has 1 aromatic heterocycles. The SMILES string of the molecule is Cc1[nH]oc(=O)c1C. The van der Waals surface area contributed by atoms with Crippen molar-refractivity contribution < 1.29 is 4.52 Å². The van der Waals surface area contributed by atoms with Crippen molar-refractivity contribution in [3.05, 3.63) is 21.7 Å². The highest BCUT2D eigenvalue weighted by Crippen LogP contribution is 1.92. The topological polar surface area (TPSA) is 46.0 Å². The summed E-state index contributed by atoms with van der Waals surface area (Å²) >= 11 is 0. The van der Waals surface area contributed by atoms with Crippen molar-refractivity contribution in [2.75, 3.05) is 0 Å². The molecule has 0 radical (unpaired) electrons. The second kappa shape index (κ2) is 1.51. The summed E-state index contributed by atoms with van der Waals surface area (Å²) in [6.07, 6.45) is 0. The number of rotatable bonds is 0. The van der Waals surface area contributed by atoms with Crippen LogP contribution in [0.15, 0.2) is 9.32 Å². The van der Waals surface area contributed by atoms with Crippen LogP contribution in [0.25, 0.3) is 0 Å². The van der Waals surface area contributed by atoms with Crippen LogP contribution in [0.1, 0.15) is 11.3 Å². The van der Waals surface area contributed by atoms with E-state index in [9.17, 15) is 4.79 Å². The minimum Gasteiger partial charge on any atom is -0.339 e. The van der Waals surface area contributed by atoms with Crippen LogP contribution in [0.3, 0.4) is 0 Å². The predicted molar refractivity (Wildman–Crippen MR) is 28.8 cm³/mol. The summed E-state index contributed by atoms with van der Waals surface area (Å²) in [5.74, 6) is 0. The molecule has 0 amide bonds. The smallest absolute Gasteiger partial charge is 0.339 e. The molecule has 1 rings (SSSR count). The van der Waals surface area contributed by atoms with E-state index in [1.807, 2.05) is 0 Å². The van der Waals surface area contributed by atoms with Gasteiger partial charge in [-0.3, -0.25) is 0 Å². The van der Waals surface area contributed by atoms with E-state index in [1.54, 1.807) is 13.8 Å². The standard InChI is InChI=1S/C5H7NO2/c1-3-4(2)6-8-5(3)7/h6H,1-2H3. The van der Waals surface area contributed by atoms with Crippen LogP contribution in [0.4, 0.5) is 0 Å². The first-order valence-electron chi connectivity index (χ1n) is 2.36. The van der Waals surface area contributed by atoms with Gasteiger partial charge in [0.05, 0.1) is 11.3 Å². The number of hydrogen-bond acceptors (Lipinski definition) is 2. The van der Waals surface area contributed by atoms with Gasteiger partial charge in [0.15, 0.2) is 0 Å². The molecule has 0 fully saturated rings. The summed E-state index contributed by atoms with van der Waals surface area (Å²) in [5.41, 5.74) is 1.18. The molecule has 0 aliphatic rings. The van der Waals surface area contributed by atoms with Gasteiger partial charge in [-0.15, -0.1) is 0 Å². The summed E-state index contributed by atoms with van der Waals surface area (Å²) in [5, 5.41) is 2.45. The van der Waals surface area contributed by atoms with Crippen molar-refractivity contribution >= 4 is 0 Å². The van der Waals surface area contributed by atoms with E-state index < -0.39 is 0 Å². The van der Waals surface area contributed by atoms with Gasteiger partial charge in [0, 0.05) is 0 Å². The molecule has 0 aliphatic carbocycles. The Hall–Kier alpha value is -0.990. The normalized spacial score (nSPS) is 9.75. The average Bonchev–Trinajstić information content (AvgIpc) is 1.98. The van der Waals surface area contributed by atoms with E-state index in [2.05, 4.69) is 9.68 Å². The van der Waals surface area contributed by atoms with E-state index in [0.717, 1.165) is 5.69 Å². The van der Waals surface area contributed by atoms with Crippen molar-refractivity contribution in [3.8, 4) is 0 Å². The highest BCUT2D eigenvalue weighted by molar-refractivity contribution is 5.09. The molecule has 0 unspecified atom stereocenters. The van der Waals surface area contributed by atoms with Crippen molar-refractivity contribution in [2.45, 2.75) is 13.8 Å². The maximum absolute atomic E-state index is 10.4. The van der Waals surface area contributed by atoms with Crippen LogP contribution < -0.4 is 5.63 Å². The van der Waals surface area contributed by atoms with Crippen LogP contribution in [0, 0.1) is 13.8 Å². The second-order valence-corrected chi connectivity index (χ2v) is 1.74. The lowest BCUT2D eigenvalue weighted by molar-refractivity contribution is 0.387. The fraction of sp³-hybridized carbons (Fsp3) is 0.400. The van der Waals surface area contributed by atoms with E-state index in [1.165, 1.54) is 0 Å². The Morgan fingerprint density at radius 3 is 2.25 bits per heavy atom. The van der Waals surface area contributed by atoms with Crippen LogP contribution in [-0.2, 0) is 0 Å². The lowest BCUT2D eigenvalue weighted by Crippen LogP contribution is -1.94. The molecule has 0 saturated heterocycles. The maximum Gasteiger partial charge on any atom is 0.360 e. The molecule has 0 aromatic carbocycles. The monoisotopic (exact) mass is 113 g/mol. The van der Waals surface area contributed by atoms with Crippen molar-refractivity contribution in [1.82, 2.24) is 5.16 Å². The number of aryl methyl sites for hydroxylation is 1.